The highest BCUT2D eigenvalue weighted by Crippen LogP contribution is 2.10. The Bertz CT molecular complexity index is 536. The molecule has 30 heavy (non-hydrogen) atoms. The molecular formula is C22H46N6O2. The van der Waals surface area contributed by atoms with Crippen molar-refractivity contribution in [2.75, 3.05) is 58.9 Å². The molecule has 1 amide bonds. The smallest absolute Gasteiger partial charge is 0.408 e. The molecule has 0 radical (unpaired) electrons. The fourth-order valence-electron chi connectivity index (χ4n) is 3.30. The van der Waals surface area contributed by atoms with E-state index in [-0.39, 0.29) is 0 Å². The first-order valence-electron chi connectivity index (χ1n) is 11.4. The number of alkyl carbamates (subject to hydrolysis) is 1. The molecule has 0 spiro atoms. The van der Waals surface area contributed by atoms with E-state index in [1.807, 2.05) is 34.6 Å². The summed E-state index contributed by atoms with van der Waals surface area (Å²) in [6, 6.07) is 0. The number of aliphatic imine (C=N–C) groups is 1. The zero-order chi connectivity index (χ0) is 22.8. The van der Waals surface area contributed by atoms with Crippen molar-refractivity contribution in [2.24, 2.45) is 10.9 Å². The van der Waals surface area contributed by atoms with E-state index >= 15 is 0 Å². The van der Waals surface area contributed by atoms with Crippen LogP contribution in [0.2, 0.25) is 0 Å². The van der Waals surface area contributed by atoms with Gasteiger partial charge in [0.2, 0.25) is 0 Å². The molecule has 0 saturated carbocycles. The van der Waals surface area contributed by atoms with Crippen molar-refractivity contribution >= 4 is 12.1 Å². The largest absolute Gasteiger partial charge is 0.444 e. The maximum Gasteiger partial charge on any atom is 0.408 e. The van der Waals surface area contributed by atoms with E-state index in [1.165, 1.54) is 13.1 Å². The molecular weight excluding hydrogens is 380 g/mol. The van der Waals surface area contributed by atoms with Crippen LogP contribution in [0.3, 0.4) is 0 Å². The number of carbonyl (C=O) groups is 1. The van der Waals surface area contributed by atoms with Crippen LogP contribution in [0.4, 0.5) is 4.79 Å². The number of hydrogen-bond acceptors (Lipinski definition) is 5. The molecule has 1 unspecified atom stereocenters. The van der Waals surface area contributed by atoms with Gasteiger partial charge in [0, 0.05) is 45.8 Å². The number of amides is 1. The third kappa shape index (κ3) is 11.6. The molecule has 0 bridgehead atoms. The molecule has 1 aliphatic heterocycles. The Morgan fingerprint density at radius 3 is 2.17 bits per heavy atom. The summed E-state index contributed by atoms with van der Waals surface area (Å²) >= 11 is 0. The van der Waals surface area contributed by atoms with E-state index in [9.17, 15) is 4.79 Å². The third-order valence-electron chi connectivity index (χ3n) is 4.92. The Balaban J connectivity index is 2.48. The predicted octanol–water partition coefficient (Wildman–Crippen LogP) is 2.12. The molecule has 8 heteroatoms. The number of hydrogen-bond donors (Lipinski definition) is 3. The second-order valence-corrected chi connectivity index (χ2v) is 9.93. The van der Waals surface area contributed by atoms with Crippen LogP contribution in [0.5, 0.6) is 0 Å². The van der Waals surface area contributed by atoms with Crippen molar-refractivity contribution in [3.8, 4) is 0 Å². The Hall–Kier alpha value is -1.54. The third-order valence-corrected chi connectivity index (χ3v) is 4.92. The lowest BCUT2D eigenvalue weighted by molar-refractivity contribution is 0.0476. The Labute approximate surface area is 184 Å². The molecule has 1 saturated heterocycles. The molecule has 1 rings (SSSR count). The van der Waals surface area contributed by atoms with Gasteiger partial charge in [-0.25, -0.2) is 4.79 Å². The van der Waals surface area contributed by atoms with Gasteiger partial charge in [-0.1, -0.05) is 13.8 Å². The molecule has 8 nitrogen and oxygen atoms in total. The molecule has 1 fully saturated rings. The number of piperazine rings is 1. The SMILES string of the molecule is CCNC(=NCC(C)(C)NC(=O)OC(C)(C)C)NCC(C)CN1CCN(CC)CC1. The van der Waals surface area contributed by atoms with Crippen LogP contribution in [-0.2, 0) is 4.74 Å². The zero-order valence-electron chi connectivity index (χ0n) is 20.6. The van der Waals surface area contributed by atoms with Crippen LogP contribution in [0.15, 0.2) is 4.99 Å². The predicted molar refractivity (Wildman–Crippen MR) is 125 cm³/mol. The number of likely N-dealkylation sites (N-methyl/N-ethyl adjacent to an activating group) is 1. The summed E-state index contributed by atoms with van der Waals surface area (Å²) in [7, 11) is 0. The quantitative estimate of drug-likeness (QED) is 0.387. The molecule has 0 aromatic rings. The van der Waals surface area contributed by atoms with Gasteiger partial charge in [-0.3, -0.25) is 4.99 Å². The van der Waals surface area contributed by atoms with Crippen LogP contribution >= 0.6 is 0 Å². The van der Waals surface area contributed by atoms with Crippen LogP contribution < -0.4 is 16.0 Å². The van der Waals surface area contributed by atoms with Crippen molar-refractivity contribution < 1.29 is 9.53 Å². The minimum Gasteiger partial charge on any atom is -0.444 e. The molecule has 0 aromatic heterocycles. The van der Waals surface area contributed by atoms with Gasteiger partial charge in [0.1, 0.15) is 5.60 Å². The first-order valence-corrected chi connectivity index (χ1v) is 11.4. The maximum atomic E-state index is 12.1. The average Bonchev–Trinajstić information content (AvgIpc) is 2.62. The standard InChI is InChI=1S/C22H46N6O2/c1-9-23-19(25-17-22(7,8)26-20(29)30-21(4,5)6)24-15-18(3)16-28-13-11-27(10-2)12-14-28/h18H,9-17H2,1-8H3,(H,26,29)(H2,23,24,25). The summed E-state index contributed by atoms with van der Waals surface area (Å²) in [4.78, 5) is 21.8. The highest BCUT2D eigenvalue weighted by atomic mass is 16.6. The van der Waals surface area contributed by atoms with Crippen molar-refractivity contribution in [3.63, 3.8) is 0 Å². The molecule has 3 N–H and O–H groups in total. The second kappa shape index (κ2) is 12.3. The lowest BCUT2D eigenvalue weighted by Crippen LogP contribution is -2.50. The van der Waals surface area contributed by atoms with Crippen LogP contribution in [0, 0.1) is 5.92 Å². The van der Waals surface area contributed by atoms with E-state index in [0.29, 0.717) is 12.5 Å². The normalized spacial score (nSPS) is 18.1. The van der Waals surface area contributed by atoms with E-state index in [0.717, 1.165) is 45.2 Å². The van der Waals surface area contributed by atoms with E-state index in [2.05, 4.69) is 51.5 Å². The fourth-order valence-corrected chi connectivity index (χ4v) is 3.30. The fraction of sp³-hybridized carbons (Fsp3) is 0.909. The number of nitrogens with zero attached hydrogens (tertiary/aromatic N) is 3. The summed E-state index contributed by atoms with van der Waals surface area (Å²) in [6.07, 6.45) is -0.419. The van der Waals surface area contributed by atoms with Crippen molar-refractivity contribution in [1.82, 2.24) is 25.8 Å². The van der Waals surface area contributed by atoms with Gasteiger partial charge in [-0.2, -0.15) is 0 Å². The summed E-state index contributed by atoms with van der Waals surface area (Å²) in [5.74, 6) is 1.30. The molecule has 0 aliphatic carbocycles. The number of ether oxygens (including phenoxy) is 1. The van der Waals surface area contributed by atoms with Gasteiger partial charge in [-0.05, 0) is 54.0 Å². The second-order valence-electron chi connectivity index (χ2n) is 9.93. The van der Waals surface area contributed by atoms with Crippen LogP contribution in [0.25, 0.3) is 0 Å². The average molecular weight is 427 g/mol. The number of carbonyl (C=O) groups excluding carboxylic acids is 1. The van der Waals surface area contributed by atoms with Gasteiger partial charge in [0.15, 0.2) is 5.96 Å². The summed E-state index contributed by atoms with van der Waals surface area (Å²) in [6.45, 7) is 25.0. The van der Waals surface area contributed by atoms with Gasteiger partial charge < -0.3 is 30.5 Å². The van der Waals surface area contributed by atoms with Crippen molar-refractivity contribution in [1.29, 1.82) is 0 Å². The van der Waals surface area contributed by atoms with E-state index in [4.69, 9.17) is 4.74 Å². The monoisotopic (exact) mass is 426 g/mol. The highest BCUT2D eigenvalue weighted by Gasteiger charge is 2.24. The highest BCUT2D eigenvalue weighted by molar-refractivity contribution is 5.79. The van der Waals surface area contributed by atoms with Gasteiger partial charge in [-0.15, -0.1) is 0 Å². The van der Waals surface area contributed by atoms with E-state index < -0.39 is 17.2 Å². The minimum absolute atomic E-state index is 0.419. The molecule has 0 aromatic carbocycles. The lowest BCUT2D eigenvalue weighted by atomic mass is 10.1. The topological polar surface area (TPSA) is 81.2 Å². The first-order chi connectivity index (χ1) is 13.9. The minimum atomic E-state index is -0.515. The number of guanidine groups is 1. The number of nitrogens with one attached hydrogen (secondary N) is 3. The van der Waals surface area contributed by atoms with Crippen molar-refractivity contribution in [2.45, 2.75) is 66.5 Å². The van der Waals surface area contributed by atoms with Crippen LogP contribution in [-0.4, -0.2) is 91.9 Å². The summed E-state index contributed by atoms with van der Waals surface area (Å²) in [5.41, 5.74) is -1.02. The van der Waals surface area contributed by atoms with Crippen LogP contribution in [0.1, 0.15) is 55.4 Å². The van der Waals surface area contributed by atoms with Crippen molar-refractivity contribution in [3.05, 3.63) is 0 Å². The van der Waals surface area contributed by atoms with Gasteiger partial charge in [0.05, 0.1) is 12.1 Å². The maximum absolute atomic E-state index is 12.1. The number of rotatable bonds is 9. The zero-order valence-corrected chi connectivity index (χ0v) is 20.6. The molecule has 1 heterocycles. The Morgan fingerprint density at radius 1 is 1.03 bits per heavy atom. The molecule has 1 aliphatic rings. The molecule has 1 atom stereocenters. The molecule has 176 valence electrons. The summed E-state index contributed by atoms with van der Waals surface area (Å²) < 4.78 is 5.36. The first kappa shape index (κ1) is 26.5. The van der Waals surface area contributed by atoms with Gasteiger partial charge >= 0.3 is 6.09 Å². The Kier molecular flexibility index (Phi) is 10.9. The summed E-state index contributed by atoms with van der Waals surface area (Å²) in [5, 5.41) is 9.65. The van der Waals surface area contributed by atoms with Gasteiger partial charge in [0.25, 0.3) is 0 Å². The Morgan fingerprint density at radius 2 is 1.63 bits per heavy atom. The lowest BCUT2D eigenvalue weighted by Gasteiger charge is -2.35. The van der Waals surface area contributed by atoms with E-state index in [1.54, 1.807) is 0 Å².